The average Bonchev–Trinajstić information content (AvgIpc) is 2.76. The van der Waals surface area contributed by atoms with E-state index in [-0.39, 0.29) is 17.7 Å². The van der Waals surface area contributed by atoms with Crippen molar-refractivity contribution in [3.63, 3.8) is 0 Å². The Bertz CT molecular complexity index is 437. The van der Waals surface area contributed by atoms with Crippen molar-refractivity contribution < 1.29 is 9.59 Å². The van der Waals surface area contributed by atoms with Gasteiger partial charge in [0.2, 0.25) is 11.8 Å². The Morgan fingerprint density at radius 2 is 2.39 bits per heavy atom. The smallest absolute Gasteiger partial charge is 0.224 e. The van der Waals surface area contributed by atoms with Crippen LogP contribution >= 0.6 is 22.9 Å². The molecule has 6 heteroatoms. The van der Waals surface area contributed by atoms with Crippen molar-refractivity contribution in [3.05, 3.63) is 21.3 Å². The number of halogens is 1. The molecule has 2 N–H and O–H groups in total. The Labute approximate surface area is 115 Å². The van der Waals surface area contributed by atoms with Gasteiger partial charge in [0.05, 0.1) is 10.3 Å². The molecule has 1 unspecified atom stereocenters. The summed E-state index contributed by atoms with van der Waals surface area (Å²) in [6.07, 6.45) is 1.88. The number of amides is 2. The third-order valence-corrected chi connectivity index (χ3v) is 4.23. The Morgan fingerprint density at radius 1 is 1.56 bits per heavy atom. The van der Waals surface area contributed by atoms with Gasteiger partial charge >= 0.3 is 0 Å². The molecular formula is C12H15ClN2O2S. The molecule has 2 amide bonds. The lowest BCUT2D eigenvalue weighted by atomic mass is 9.98. The highest BCUT2D eigenvalue weighted by molar-refractivity contribution is 7.16. The lowest BCUT2D eigenvalue weighted by Crippen LogP contribution is -2.43. The molecule has 0 spiro atoms. The van der Waals surface area contributed by atoms with Gasteiger partial charge in [0.15, 0.2) is 0 Å². The van der Waals surface area contributed by atoms with Crippen molar-refractivity contribution in [2.24, 2.45) is 5.92 Å². The zero-order chi connectivity index (χ0) is 13.0. The number of nitrogens with one attached hydrogen (secondary N) is 2. The zero-order valence-electron chi connectivity index (χ0n) is 9.87. The predicted molar refractivity (Wildman–Crippen MR) is 71.8 cm³/mol. The standard InChI is InChI=1S/C12H15ClN2O2S/c13-10-3-2-9(18-10)5-6-14-12(17)8-1-4-11(16)15-7-8/h2-3,8H,1,4-7H2,(H,14,17)(H,15,16). The van der Waals surface area contributed by atoms with E-state index in [1.165, 1.54) is 11.3 Å². The third-order valence-electron chi connectivity index (χ3n) is 2.94. The Balaban J connectivity index is 1.70. The minimum Gasteiger partial charge on any atom is -0.355 e. The minimum absolute atomic E-state index is 0.0256. The maximum absolute atomic E-state index is 11.8. The fraction of sp³-hybridized carbons (Fsp3) is 0.500. The summed E-state index contributed by atoms with van der Waals surface area (Å²) in [5.74, 6) is -0.0282. The summed E-state index contributed by atoms with van der Waals surface area (Å²) in [5.41, 5.74) is 0. The van der Waals surface area contributed by atoms with E-state index >= 15 is 0 Å². The Morgan fingerprint density at radius 3 is 3.00 bits per heavy atom. The zero-order valence-corrected chi connectivity index (χ0v) is 11.4. The molecule has 98 valence electrons. The normalized spacial score (nSPS) is 19.4. The highest BCUT2D eigenvalue weighted by Crippen LogP contribution is 2.21. The summed E-state index contributed by atoms with van der Waals surface area (Å²) in [6, 6.07) is 3.83. The van der Waals surface area contributed by atoms with Gasteiger partial charge in [0.1, 0.15) is 0 Å². The van der Waals surface area contributed by atoms with E-state index in [1.807, 2.05) is 12.1 Å². The van der Waals surface area contributed by atoms with Crippen LogP contribution in [0.15, 0.2) is 12.1 Å². The van der Waals surface area contributed by atoms with Crippen LogP contribution in [0.5, 0.6) is 0 Å². The summed E-state index contributed by atoms with van der Waals surface area (Å²) in [6.45, 7) is 1.07. The van der Waals surface area contributed by atoms with Gasteiger partial charge in [0.25, 0.3) is 0 Å². The van der Waals surface area contributed by atoms with Gasteiger partial charge in [-0.1, -0.05) is 11.6 Å². The second-order valence-corrected chi connectivity index (χ2v) is 6.09. The van der Waals surface area contributed by atoms with Crippen molar-refractivity contribution in [1.29, 1.82) is 0 Å². The summed E-state index contributed by atoms with van der Waals surface area (Å²) < 4.78 is 0.770. The first-order valence-corrected chi connectivity index (χ1v) is 7.13. The molecule has 0 bridgehead atoms. The van der Waals surface area contributed by atoms with Crippen molar-refractivity contribution in [2.45, 2.75) is 19.3 Å². The molecule has 0 aromatic carbocycles. The summed E-state index contributed by atoms with van der Waals surface area (Å²) in [5, 5.41) is 5.61. The molecule has 2 heterocycles. The molecule has 1 aromatic rings. The van der Waals surface area contributed by atoms with E-state index in [4.69, 9.17) is 11.6 Å². The van der Waals surface area contributed by atoms with Gasteiger partial charge < -0.3 is 10.6 Å². The van der Waals surface area contributed by atoms with Crippen LogP contribution in [0.4, 0.5) is 0 Å². The van der Waals surface area contributed by atoms with Gasteiger partial charge in [-0.2, -0.15) is 0 Å². The summed E-state index contributed by atoms with van der Waals surface area (Å²) in [7, 11) is 0. The highest BCUT2D eigenvalue weighted by atomic mass is 35.5. The molecule has 1 atom stereocenters. The average molecular weight is 287 g/mol. The van der Waals surface area contributed by atoms with Crippen LogP contribution in [-0.4, -0.2) is 24.9 Å². The van der Waals surface area contributed by atoms with Crippen molar-refractivity contribution >= 4 is 34.8 Å². The molecule has 1 aromatic heterocycles. The van der Waals surface area contributed by atoms with Crippen molar-refractivity contribution in [1.82, 2.24) is 10.6 Å². The van der Waals surface area contributed by atoms with Crippen molar-refractivity contribution in [2.75, 3.05) is 13.1 Å². The molecule has 2 rings (SSSR count). The van der Waals surface area contributed by atoms with Crippen molar-refractivity contribution in [3.8, 4) is 0 Å². The summed E-state index contributed by atoms with van der Waals surface area (Å²) in [4.78, 5) is 24.0. The van der Waals surface area contributed by atoms with Gasteiger partial charge in [-0.25, -0.2) is 0 Å². The lowest BCUT2D eigenvalue weighted by molar-refractivity contribution is -0.128. The first kappa shape index (κ1) is 13.4. The van der Waals surface area contributed by atoms with Crippen LogP contribution in [0.1, 0.15) is 17.7 Å². The Kier molecular flexibility index (Phi) is 4.60. The molecule has 1 aliphatic heterocycles. The van der Waals surface area contributed by atoms with E-state index in [1.54, 1.807) is 0 Å². The third kappa shape index (κ3) is 3.71. The molecule has 18 heavy (non-hydrogen) atoms. The number of thiophene rings is 1. The van der Waals surface area contributed by atoms with E-state index < -0.39 is 0 Å². The maximum atomic E-state index is 11.8. The SMILES string of the molecule is O=C1CCC(C(=O)NCCc2ccc(Cl)s2)CN1. The van der Waals surface area contributed by atoms with Crippen LogP contribution in [-0.2, 0) is 16.0 Å². The number of hydrogen-bond acceptors (Lipinski definition) is 3. The number of hydrogen-bond donors (Lipinski definition) is 2. The van der Waals surface area contributed by atoms with Gasteiger partial charge in [-0.05, 0) is 25.0 Å². The first-order valence-electron chi connectivity index (χ1n) is 5.94. The van der Waals surface area contributed by atoms with Crippen LogP contribution in [0, 0.1) is 5.92 Å². The van der Waals surface area contributed by atoms with Gasteiger partial charge in [-0.15, -0.1) is 11.3 Å². The molecule has 0 saturated carbocycles. The second-order valence-electron chi connectivity index (χ2n) is 4.29. The highest BCUT2D eigenvalue weighted by Gasteiger charge is 2.23. The number of carbonyl (C=O) groups is 2. The second kappa shape index (κ2) is 6.20. The van der Waals surface area contributed by atoms with E-state index in [2.05, 4.69) is 10.6 Å². The molecule has 0 radical (unpaired) electrons. The quantitative estimate of drug-likeness (QED) is 0.883. The molecule has 1 aliphatic rings. The molecule has 4 nitrogen and oxygen atoms in total. The molecular weight excluding hydrogens is 272 g/mol. The van der Waals surface area contributed by atoms with E-state index in [0.717, 1.165) is 15.6 Å². The molecule has 1 fully saturated rings. The van der Waals surface area contributed by atoms with Crippen LogP contribution in [0.3, 0.4) is 0 Å². The topological polar surface area (TPSA) is 58.2 Å². The predicted octanol–water partition coefficient (Wildman–Crippen LogP) is 1.59. The van der Waals surface area contributed by atoms with Crippen LogP contribution in [0.25, 0.3) is 0 Å². The van der Waals surface area contributed by atoms with Gasteiger partial charge in [-0.3, -0.25) is 9.59 Å². The fourth-order valence-corrected chi connectivity index (χ4v) is 2.98. The van der Waals surface area contributed by atoms with Crippen LogP contribution in [0.2, 0.25) is 4.34 Å². The van der Waals surface area contributed by atoms with Crippen LogP contribution < -0.4 is 10.6 Å². The minimum atomic E-state index is -0.0883. The monoisotopic (exact) mass is 286 g/mol. The molecule has 1 saturated heterocycles. The van der Waals surface area contributed by atoms with E-state index in [0.29, 0.717) is 25.9 Å². The lowest BCUT2D eigenvalue weighted by Gasteiger charge is -2.21. The fourth-order valence-electron chi connectivity index (χ4n) is 1.90. The summed E-state index contributed by atoms with van der Waals surface area (Å²) >= 11 is 7.36. The Hall–Kier alpha value is -1.07. The first-order chi connectivity index (χ1) is 8.65. The van der Waals surface area contributed by atoms with E-state index in [9.17, 15) is 9.59 Å². The number of carbonyl (C=O) groups excluding carboxylic acids is 2. The number of piperidine rings is 1. The number of rotatable bonds is 4. The largest absolute Gasteiger partial charge is 0.355 e. The molecule has 0 aliphatic carbocycles. The maximum Gasteiger partial charge on any atom is 0.224 e. The van der Waals surface area contributed by atoms with Gasteiger partial charge in [0, 0.05) is 24.4 Å².